The predicted molar refractivity (Wildman–Crippen MR) is 69.5 cm³/mol. The third kappa shape index (κ3) is 2.29. The number of halogens is 1. The Labute approximate surface area is 103 Å². The van der Waals surface area contributed by atoms with Crippen LogP contribution in [0.1, 0.15) is 32.3 Å². The molecule has 1 heterocycles. The van der Waals surface area contributed by atoms with E-state index >= 15 is 0 Å². The van der Waals surface area contributed by atoms with Crippen LogP contribution in [0.15, 0.2) is 18.2 Å². The van der Waals surface area contributed by atoms with Crippen molar-refractivity contribution in [3.05, 3.63) is 29.6 Å². The van der Waals surface area contributed by atoms with Gasteiger partial charge >= 0.3 is 0 Å². The molecule has 1 saturated heterocycles. The smallest absolute Gasteiger partial charge is 0.129 e. The van der Waals surface area contributed by atoms with E-state index in [0.29, 0.717) is 17.5 Å². The first-order valence-corrected chi connectivity index (χ1v) is 6.39. The Bertz CT molecular complexity index is 392. The predicted octanol–water partition coefficient (Wildman–Crippen LogP) is 2.91. The van der Waals surface area contributed by atoms with Gasteiger partial charge in [0.05, 0.1) is 0 Å². The Morgan fingerprint density at radius 2 is 2.18 bits per heavy atom. The molecule has 2 nitrogen and oxygen atoms in total. The Morgan fingerprint density at radius 3 is 2.88 bits per heavy atom. The molecule has 94 valence electrons. The van der Waals surface area contributed by atoms with Gasteiger partial charge < -0.3 is 10.6 Å². The van der Waals surface area contributed by atoms with Gasteiger partial charge in [0.25, 0.3) is 0 Å². The quantitative estimate of drug-likeness (QED) is 0.855. The van der Waals surface area contributed by atoms with Gasteiger partial charge in [-0.3, -0.25) is 0 Å². The van der Waals surface area contributed by atoms with Crippen LogP contribution in [0.2, 0.25) is 0 Å². The Kier molecular flexibility index (Phi) is 3.67. The number of benzene rings is 1. The van der Waals surface area contributed by atoms with Gasteiger partial charge in [-0.15, -0.1) is 0 Å². The molecular formula is C14H21FN2. The molecule has 0 saturated carbocycles. The van der Waals surface area contributed by atoms with Gasteiger partial charge in [-0.25, -0.2) is 4.39 Å². The SMILES string of the molecule is CC1CCCN(c2cccc(F)c2CN)C1C. The normalized spacial score (nSPS) is 25.1. The van der Waals surface area contributed by atoms with Crippen molar-refractivity contribution in [1.29, 1.82) is 0 Å². The average molecular weight is 236 g/mol. The van der Waals surface area contributed by atoms with Crippen LogP contribution in [0.5, 0.6) is 0 Å². The van der Waals surface area contributed by atoms with Crippen LogP contribution < -0.4 is 10.6 Å². The number of nitrogens with zero attached hydrogens (tertiary/aromatic N) is 1. The average Bonchev–Trinajstić information content (AvgIpc) is 2.32. The molecule has 2 unspecified atom stereocenters. The largest absolute Gasteiger partial charge is 0.368 e. The number of rotatable bonds is 2. The lowest BCUT2D eigenvalue weighted by molar-refractivity contribution is 0.362. The minimum Gasteiger partial charge on any atom is -0.368 e. The summed E-state index contributed by atoms with van der Waals surface area (Å²) < 4.78 is 13.7. The van der Waals surface area contributed by atoms with Crippen molar-refractivity contribution in [3.8, 4) is 0 Å². The van der Waals surface area contributed by atoms with Crippen molar-refractivity contribution in [2.45, 2.75) is 39.3 Å². The molecule has 1 aromatic carbocycles. The maximum atomic E-state index is 13.7. The molecule has 2 N–H and O–H groups in total. The molecule has 0 aliphatic carbocycles. The van der Waals surface area contributed by atoms with Gasteiger partial charge in [0, 0.05) is 30.4 Å². The van der Waals surface area contributed by atoms with Crippen molar-refractivity contribution in [3.63, 3.8) is 0 Å². The number of hydrogen-bond donors (Lipinski definition) is 1. The van der Waals surface area contributed by atoms with Crippen LogP contribution in [0.3, 0.4) is 0 Å². The fourth-order valence-corrected chi connectivity index (χ4v) is 2.69. The molecule has 0 radical (unpaired) electrons. The molecule has 0 spiro atoms. The first-order valence-electron chi connectivity index (χ1n) is 6.39. The molecule has 0 aromatic heterocycles. The summed E-state index contributed by atoms with van der Waals surface area (Å²) in [5.74, 6) is 0.466. The van der Waals surface area contributed by atoms with Crippen LogP contribution >= 0.6 is 0 Å². The number of piperidine rings is 1. The fourth-order valence-electron chi connectivity index (χ4n) is 2.69. The van der Waals surface area contributed by atoms with E-state index in [4.69, 9.17) is 5.73 Å². The summed E-state index contributed by atoms with van der Waals surface area (Å²) in [4.78, 5) is 2.31. The van der Waals surface area contributed by atoms with Crippen LogP contribution in [-0.4, -0.2) is 12.6 Å². The second kappa shape index (κ2) is 5.05. The van der Waals surface area contributed by atoms with Crippen molar-refractivity contribution in [2.75, 3.05) is 11.4 Å². The lowest BCUT2D eigenvalue weighted by Gasteiger charge is -2.40. The van der Waals surface area contributed by atoms with Crippen LogP contribution in [-0.2, 0) is 6.54 Å². The van der Waals surface area contributed by atoms with Crippen molar-refractivity contribution in [1.82, 2.24) is 0 Å². The molecule has 2 atom stereocenters. The number of hydrogen-bond acceptors (Lipinski definition) is 2. The molecule has 1 aromatic rings. The van der Waals surface area contributed by atoms with Crippen LogP contribution in [0.4, 0.5) is 10.1 Å². The first kappa shape index (κ1) is 12.4. The van der Waals surface area contributed by atoms with E-state index in [2.05, 4.69) is 18.7 Å². The molecular weight excluding hydrogens is 215 g/mol. The highest BCUT2D eigenvalue weighted by Gasteiger charge is 2.26. The summed E-state index contributed by atoms with van der Waals surface area (Å²) in [7, 11) is 0. The second-order valence-electron chi connectivity index (χ2n) is 5.00. The van der Waals surface area contributed by atoms with Gasteiger partial charge in [-0.1, -0.05) is 13.0 Å². The third-order valence-electron chi connectivity index (χ3n) is 3.98. The Balaban J connectivity index is 2.35. The van der Waals surface area contributed by atoms with E-state index in [1.165, 1.54) is 18.9 Å². The summed E-state index contributed by atoms with van der Waals surface area (Å²) in [5.41, 5.74) is 7.30. The van der Waals surface area contributed by atoms with Crippen molar-refractivity contribution >= 4 is 5.69 Å². The standard InChI is InChI=1S/C14H21FN2/c1-10-5-4-8-17(11(10)2)14-7-3-6-13(15)12(14)9-16/h3,6-7,10-11H,4-5,8-9,16H2,1-2H3. The van der Waals surface area contributed by atoms with E-state index in [1.54, 1.807) is 6.07 Å². The van der Waals surface area contributed by atoms with Gasteiger partial charge in [0.2, 0.25) is 0 Å². The number of anilines is 1. The van der Waals surface area contributed by atoms with Crippen LogP contribution in [0.25, 0.3) is 0 Å². The van der Waals surface area contributed by atoms with Gasteiger partial charge in [-0.2, -0.15) is 0 Å². The van der Waals surface area contributed by atoms with Crippen LogP contribution in [0, 0.1) is 11.7 Å². The zero-order chi connectivity index (χ0) is 12.4. The molecule has 1 aliphatic rings. The fraction of sp³-hybridized carbons (Fsp3) is 0.571. The van der Waals surface area contributed by atoms with Gasteiger partial charge in [0.1, 0.15) is 5.82 Å². The number of nitrogens with two attached hydrogens (primary N) is 1. The summed E-state index contributed by atoms with van der Waals surface area (Å²) in [5, 5.41) is 0. The van der Waals surface area contributed by atoms with E-state index in [-0.39, 0.29) is 12.4 Å². The second-order valence-corrected chi connectivity index (χ2v) is 5.00. The molecule has 1 fully saturated rings. The molecule has 1 aliphatic heterocycles. The van der Waals surface area contributed by atoms with Crippen molar-refractivity contribution in [2.24, 2.45) is 11.7 Å². The van der Waals surface area contributed by atoms with Gasteiger partial charge in [0.15, 0.2) is 0 Å². The summed E-state index contributed by atoms with van der Waals surface area (Å²) in [6.45, 7) is 5.74. The molecule has 0 bridgehead atoms. The lowest BCUT2D eigenvalue weighted by atomic mass is 9.91. The molecule has 2 rings (SSSR count). The molecule has 17 heavy (non-hydrogen) atoms. The highest BCUT2D eigenvalue weighted by atomic mass is 19.1. The topological polar surface area (TPSA) is 29.3 Å². The molecule has 3 heteroatoms. The summed E-state index contributed by atoms with van der Waals surface area (Å²) in [6, 6.07) is 5.70. The minimum absolute atomic E-state index is 0.185. The van der Waals surface area contributed by atoms with E-state index in [0.717, 1.165) is 12.2 Å². The highest BCUT2D eigenvalue weighted by molar-refractivity contribution is 5.55. The van der Waals surface area contributed by atoms with Gasteiger partial charge in [-0.05, 0) is 37.8 Å². The third-order valence-corrected chi connectivity index (χ3v) is 3.98. The van der Waals surface area contributed by atoms with E-state index < -0.39 is 0 Å². The zero-order valence-electron chi connectivity index (χ0n) is 10.6. The van der Waals surface area contributed by atoms with Crippen molar-refractivity contribution < 1.29 is 4.39 Å². The highest BCUT2D eigenvalue weighted by Crippen LogP contribution is 2.31. The maximum Gasteiger partial charge on any atom is 0.129 e. The Hall–Kier alpha value is -1.09. The zero-order valence-corrected chi connectivity index (χ0v) is 10.6. The first-order chi connectivity index (χ1) is 8.15. The summed E-state index contributed by atoms with van der Waals surface area (Å²) >= 11 is 0. The monoisotopic (exact) mass is 236 g/mol. The Morgan fingerprint density at radius 1 is 1.41 bits per heavy atom. The maximum absolute atomic E-state index is 13.7. The summed E-state index contributed by atoms with van der Waals surface area (Å²) in [6.07, 6.45) is 2.43. The lowest BCUT2D eigenvalue weighted by Crippen LogP contribution is -2.43. The van der Waals surface area contributed by atoms with E-state index in [9.17, 15) is 4.39 Å². The minimum atomic E-state index is -0.185. The molecule has 0 amide bonds. The van der Waals surface area contributed by atoms with E-state index in [1.807, 2.05) is 6.07 Å².